The van der Waals surface area contributed by atoms with Gasteiger partial charge in [0.15, 0.2) is 0 Å². The zero-order valence-electron chi connectivity index (χ0n) is 11.7. The number of nitro groups is 1. The number of rotatable bonds is 4. The summed E-state index contributed by atoms with van der Waals surface area (Å²) in [5, 5.41) is 14.4. The number of nitrogens with zero attached hydrogens (tertiary/aromatic N) is 3. The first-order valence-corrected chi connectivity index (χ1v) is 6.75. The van der Waals surface area contributed by atoms with Gasteiger partial charge in [0.1, 0.15) is 6.33 Å². The van der Waals surface area contributed by atoms with Crippen LogP contribution in [0.1, 0.15) is 33.1 Å². The summed E-state index contributed by atoms with van der Waals surface area (Å²) in [5.74, 6) is 6.65. The number of hydrogen-bond acceptors (Lipinski definition) is 7. The molecule has 0 aromatic carbocycles. The number of nitrogens with one attached hydrogen (secondary N) is 2. The van der Waals surface area contributed by atoms with Gasteiger partial charge < -0.3 is 10.7 Å². The largest absolute Gasteiger partial charge is 0.361 e. The van der Waals surface area contributed by atoms with Crippen molar-refractivity contribution in [2.75, 3.05) is 10.7 Å². The summed E-state index contributed by atoms with van der Waals surface area (Å²) >= 11 is 0. The summed E-state index contributed by atoms with van der Waals surface area (Å²) in [5.41, 5.74) is 2.03. The van der Waals surface area contributed by atoms with Crippen LogP contribution in [-0.4, -0.2) is 20.9 Å². The van der Waals surface area contributed by atoms with Gasteiger partial charge in [-0.3, -0.25) is 10.1 Å². The van der Waals surface area contributed by atoms with Gasteiger partial charge in [-0.1, -0.05) is 13.8 Å². The maximum absolute atomic E-state index is 11.2. The van der Waals surface area contributed by atoms with E-state index < -0.39 is 4.92 Å². The Labute approximate surface area is 117 Å². The molecule has 8 nitrogen and oxygen atoms in total. The van der Waals surface area contributed by atoms with E-state index in [2.05, 4.69) is 34.6 Å². The molecule has 4 N–H and O–H groups in total. The number of anilines is 2. The normalized spacial score (nSPS) is 26.1. The predicted molar refractivity (Wildman–Crippen MR) is 76.1 cm³/mol. The van der Waals surface area contributed by atoms with Crippen LogP contribution in [0, 0.1) is 22.0 Å². The third-order valence-electron chi connectivity index (χ3n) is 3.90. The molecular formula is C12H20N6O2. The van der Waals surface area contributed by atoms with E-state index >= 15 is 0 Å². The van der Waals surface area contributed by atoms with Crippen LogP contribution in [0.4, 0.5) is 17.3 Å². The first kappa shape index (κ1) is 14.4. The van der Waals surface area contributed by atoms with Crippen LogP contribution >= 0.6 is 0 Å². The van der Waals surface area contributed by atoms with Crippen LogP contribution in [0.3, 0.4) is 0 Å². The van der Waals surface area contributed by atoms with E-state index in [1.165, 1.54) is 6.33 Å². The van der Waals surface area contributed by atoms with Crippen molar-refractivity contribution in [3.05, 3.63) is 16.4 Å². The smallest absolute Gasteiger partial charge is 0.354 e. The molecule has 1 fully saturated rings. The van der Waals surface area contributed by atoms with Crippen LogP contribution in [0.5, 0.6) is 0 Å². The van der Waals surface area contributed by atoms with Gasteiger partial charge in [-0.15, -0.1) is 0 Å². The molecule has 1 aromatic rings. The molecule has 2 rings (SSSR count). The van der Waals surface area contributed by atoms with E-state index in [9.17, 15) is 10.1 Å². The summed E-state index contributed by atoms with van der Waals surface area (Å²) in [6.45, 7) is 4.39. The van der Waals surface area contributed by atoms with Crippen molar-refractivity contribution in [2.45, 2.75) is 39.2 Å². The van der Waals surface area contributed by atoms with E-state index in [1.54, 1.807) is 0 Å². The standard InChI is InChI=1S/C12H20N6O2/c1-7-3-4-9(8(2)5-7)16-11-10(18(19)20)12(17-13)15-6-14-11/h6-9H,3-5,13H2,1-2H3,(H2,14,15,16,17). The highest BCUT2D eigenvalue weighted by Crippen LogP contribution is 2.34. The quantitative estimate of drug-likeness (QED) is 0.437. The predicted octanol–water partition coefficient (Wildman–Crippen LogP) is 1.91. The van der Waals surface area contributed by atoms with Gasteiger partial charge in [0.05, 0.1) is 4.92 Å². The minimum absolute atomic E-state index is 0.0179. The van der Waals surface area contributed by atoms with Crippen molar-refractivity contribution in [3.8, 4) is 0 Å². The Morgan fingerprint density at radius 1 is 1.35 bits per heavy atom. The second-order valence-corrected chi connectivity index (χ2v) is 5.47. The third kappa shape index (κ3) is 2.96. The molecule has 0 spiro atoms. The lowest BCUT2D eigenvalue weighted by Gasteiger charge is -2.33. The van der Waals surface area contributed by atoms with Gasteiger partial charge in [-0.05, 0) is 31.1 Å². The molecule has 0 aliphatic heterocycles. The average molecular weight is 280 g/mol. The maximum atomic E-state index is 11.2. The lowest BCUT2D eigenvalue weighted by Crippen LogP contribution is -2.33. The van der Waals surface area contributed by atoms with Gasteiger partial charge in [0, 0.05) is 6.04 Å². The van der Waals surface area contributed by atoms with Crippen molar-refractivity contribution in [3.63, 3.8) is 0 Å². The third-order valence-corrected chi connectivity index (χ3v) is 3.90. The van der Waals surface area contributed by atoms with Gasteiger partial charge in [-0.25, -0.2) is 15.8 Å². The van der Waals surface area contributed by atoms with E-state index in [1.807, 2.05) is 0 Å². The monoisotopic (exact) mass is 280 g/mol. The van der Waals surface area contributed by atoms with Gasteiger partial charge in [0.2, 0.25) is 11.6 Å². The Morgan fingerprint density at radius 2 is 2.05 bits per heavy atom. The van der Waals surface area contributed by atoms with Crippen molar-refractivity contribution in [1.29, 1.82) is 0 Å². The summed E-state index contributed by atoms with van der Waals surface area (Å²) < 4.78 is 0. The SMILES string of the molecule is CC1CCC(Nc2ncnc(NN)c2[N+](=O)[O-])C(C)C1. The van der Waals surface area contributed by atoms with Gasteiger partial charge in [0.25, 0.3) is 0 Å². The minimum Gasteiger partial charge on any atom is -0.361 e. The molecular weight excluding hydrogens is 260 g/mol. The first-order chi connectivity index (χ1) is 9.52. The van der Waals surface area contributed by atoms with Gasteiger partial charge >= 0.3 is 5.69 Å². The van der Waals surface area contributed by atoms with Crippen LogP contribution in [0.2, 0.25) is 0 Å². The fourth-order valence-corrected chi connectivity index (χ4v) is 2.82. The van der Waals surface area contributed by atoms with Crippen molar-refractivity contribution in [2.24, 2.45) is 17.7 Å². The molecule has 1 aromatic heterocycles. The average Bonchev–Trinajstić information content (AvgIpc) is 2.41. The number of aromatic nitrogens is 2. The minimum atomic E-state index is -0.520. The molecule has 0 saturated heterocycles. The second-order valence-electron chi connectivity index (χ2n) is 5.47. The fraction of sp³-hybridized carbons (Fsp3) is 0.667. The van der Waals surface area contributed by atoms with Crippen molar-refractivity contribution < 1.29 is 4.92 Å². The molecule has 1 saturated carbocycles. The highest BCUT2D eigenvalue weighted by molar-refractivity contribution is 5.69. The maximum Gasteiger partial charge on any atom is 0.354 e. The molecule has 0 bridgehead atoms. The number of nitrogen functional groups attached to an aromatic ring is 1. The highest BCUT2D eigenvalue weighted by Gasteiger charge is 2.29. The van der Waals surface area contributed by atoms with Crippen LogP contribution in [-0.2, 0) is 0 Å². The zero-order chi connectivity index (χ0) is 14.7. The Kier molecular flexibility index (Phi) is 4.33. The fourth-order valence-electron chi connectivity index (χ4n) is 2.82. The molecule has 1 heterocycles. The Balaban J connectivity index is 2.23. The summed E-state index contributed by atoms with van der Waals surface area (Å²) in [6.07, 6.45) is 4.47. The summed E-state index contributed by atoms with van der Waals surface area (Å²) in [4.78, 5) is 18.4. The van der Waals surface area contributed by atoms with E-state index in [0.29, 0.717) is 11.8 Å². The van der Waals surface area contributed by atoms with Crippen molar-refractivity contribution in [1.82, 2.24) is 9.97 Å². The Bertz CT molecular complexity index is 495. The van der Waals surface area contributed by atoms with Crippen LogP contribution in [0.25, 0.3) is 0 Å². The lowest BCUT2D eigenvalue weighted by atomic mass is 9.80. The molecule has 8 heteroatoms. The molecule has 1 aliphatic carbocycles. The zero-order valence-corrected chi connectivity index (χ0v) is 11.7. The van der Waals surface area contributed by atoms with Gasteiger partial charge in [-0.2, -0.15) is 0 Å². The van der Waals surface area contributed by atoms with E-state index in [4.69, 9.17) is 5.84 Å². The molecule has 110 valence electrons. The second kappa shape index (κ2) is 6.00. The van der Waals surface area contributed by atoms with E-state index in [0.717, 1.165) is 19.3 Å². The topological polar surface area (TPSA) is 119 Å². The molecule has 1 aliphatic rings. The van der Waals surface area contributed by atoms with Crippen LogP contribution < -0.4 is 16.6 Å². The summed E-state index contributed by atoms with van der Waals surface area (Å²) in [6, 6.07) is 0.186. The van der Waals surface area contributed by atoms with Crippen LogP contribution in [0.15, 0.2) is 6.33 Å². The molecule has 0 radical (unpaired) electrons. The Morgan fingerprint density at radius 3 is 2.65 bits per heavy atom. The molecule has 3 atom stereocenters. The summed E-state index contributed by atoms with van der Waals surface area (Å²) in [7, 11) is 0. The number of nitrogens with two attached hydrogens (primary N) is 1. The number of hydrazine groups is 1. The molecule has 3 unspecified atom stereocenters. The number of hydrogen-bond donors (Lipinski definition) is 3. The molecule has 20 heavy (non-hydrogen) atoms. The Hall–Kier alpha value is -1.96. The van der Waals surface area contributed by atoms with E-state index in [-0.39, 0.29) is 23.4 Å². The first-order valence-electron chi connectivity index (χ1n) is 6.75. The van der Waals surface area contributed by atoms with Crippen molar-refractivity contribution >= 4 is 17.3 Å². The molecule has 0 amide bonds. The lowest BCUT2D eigenvalue weighted by molar-refractivity contribution is -0.383. The highest BCUT2D eigenvalue weighted by atomic mass is 16.6.